The van der Waals surface area contributed by atoms with Gasteiger partial charge in [0.1, 0.15) is 22.6 Å². The highest BCUT2D eigenvalue weighted by Crippen LogP contribution is 2.36. The van der Waals surface area contributed by atoms with E-state index in [-0.39, 0.29) is 0 Å². The second-order valence-corrected chi connectivity index (χ2v) is 9.79. The summed E-state index contributed by atoms with van der Waals surface area (Å²) >= 11 is 18.6. The third-order valence-corrected chi connectivity index (χ3v) is 7.46. The van der Waals surface area contributed by atoms with E-state index < -0.39 is 0 Å². The summed E-state index contributed by atoms with van der Waals surface area (Å²) in [7, 11) is 0. The first-order chi connectivity index (χ1) is 23.8. The molecule has 242 valence electrons. The molecule has 0 saturated heterocycles. The maximum absolute atomic E-state index is 5.02. The Morgan fingerprint density at radius 3 is 0.750 bits per heavy atom. The van der Waals surface area contributed by atoms with Crippen LogP contribution in [0.2, 0.25) is 0 Å². The maximum Gasteiger partial charge on any atom is 0.164 e. The van der Waals surface area contributed by atoms with Gasteiger partial charge >= 0.3 is 0 Å². The van der Waals surface area contributed by atoms with Crippen molar-refractivity contribution in [3.05, 3.63) is 97.1 Å². The predicted molar refractivity (Wildman–Crippen MR) is 203 cm³/mol. The average molecular weight is 717 g/mol. The van der Waals surface area contributed by atoms with Crippen LogP contribution in [0.25, 0.3) is 89.7 Å². The molecular formula is C36H30Cl4N8. The van der Waals surface area contributed by atoms with Gasteiger partial charge in [0.05, 0.1) is 0 Å². The van der Waals surface area contributed by atoms with E-state index in [9.17, 15) is 0 Å². The zero-order valence-corrected chi connectivity index (χ0v) is 29.5. The fourth-order valence-corrected chi connectivity index (χ4v) is 5.59. The molecule has 2 N–H and O–H groups in total. The molecule has 0 amide bonds. The summed E-state index contributed by atoms with van der Waals surface area (Å²) in [5.41, 5.74) is 6.45. The molecule has 7 aromatic rings. The average Bonchev–Trinajstić information content (AvgIpc) is 3.91. The molecule has 0 atom stereocenters. The summed E-state index contributed by atoms with van der Waals surface area (Å²) in [5.74, 6) is 2.39. The zero-order chi connectivity index (χ0) is 34.2. The van der Waals surface area contributed by atoms with Crippen LogP contribution in [0.1, 0.15) is 0 Å². The Hall–Kier alpha value is -4.60. The Morgan fingerprint density at radius 2 is 0.521 bits per heavy atom. The van der Waals surface area contributed by atoms with Crippen molar-refractivity contribution in [3.8, 4) is 45.6 Å². The van der Waals surface area contributed by atoms with Gasteiger partial charge < -0.3 is 9.97 Å². The summed E-state index contributed by atoms with van der Waals surface area (Å²) < 4.78 is 0. The molecule has 0 fully saturated rings. The minimum Gasteiger partial charge on any atom is -0.324 e. The van der Waals surface area contributed by atoms with Gasteiger partial charge in [-0.15, -0.1) is 46.4 Å². The first-order valence-corrected chi connectivity index (χ1v) is 17.5. The number of halogens is 4. The summed E-state index contributed by atoms with van der Waals surface area (Å²) in [4.78, 5) is 36.8. The largest absolute Gasteiger partial charge is 0.324 e. The van der Waals surface area contributed by atoms with Crippen LogP contribution in [-0.2, 0) is 0 Å². The Balaban J connectivity index is 0.000000528. The van der Waals surface area contributed by atoms with Crippen LogP contribution in [0.5, 0.6) is 0 Å². The molecule has 3 aromatic heterocycles. The molecule has 2 aliphatic rings. The van der Waals surface area contributed by atoms with E-state index in [1.165, 1.54) is 25.5 Å². The van der Waals surface area contributed by atoms with E-state index in [0.29, 0.717) is 45.9 Å². The smallest absolute Gasteiger partial charge is 0.164 e. The van der Waals surface area contributed by atoms with E-state index >= 15 is 0 Å². The number of aromatic nitrogens is 8. The van der Waals surface area contributed by atoms with Crippen molar-refractivity contribution in [2.45, 2.75) is 0 Å². The first-order valence-electron chi connectivity index (χ1n) is 14.5. The van der Waals surface area contributed by atoms with Gasteiger partial charge in [0.2, 0.25) is 0 Å². The van der Waals surface area contributed by atoms with Crippen LogP contribution in [0, 0.1) is 0 Å². The van der Waals surface area contributed by atoms with Gasteiger partial charge in [0.15, 0.2) is 23.3 Å². The Bertz CT molecular complexity index is 2050. The summed E-state index contributed by atoms with van der Waals surface area (Å²) in [5, 5.41) is 3.82. The van der Waals surface area contributed by atoms with Gasteiger partial charge in [-0.05, 0) is 0 Å². The highest BCUT2D eigenvalue weighted by atomic mass is 35.5. The first kappa shape index (κ1) is 34.7. The van der Waals surface area contributed by atoms with E-state index in [2.05, 4.69) is 56.4 Å². The van der Waals surface area contributed by atoms with Crippen molar-refractivity contribution in [2.75, 3.05) is 25.5 Å². The second kappa shape index (κ2) is 16.0. The molecule has 0 radical (unpaired) electrons. The van der Waals surface area contributed by atoms with Gasteiger partial charge in [0.25, 0.3) is 0 Å². The molecule has 0 aliphatic carbocycles. The molecule has 12 heteroatoms. The zero-order valence-electron chi connectivity index (χ0n) is 26.4. The normalized spacial score (nSPS) is 10.5. The number of hydrogen-bond donors (Lipinski definition) is 2. The van der Waals surface area contributed by atoms with Gasteiger partial charge in [-0.3, -0.25) is 0 Å². The van der Waals surface area contributed by atoms with Crippen molar-refractivity contribution in [1.82, 2.24) is 39.9 Å². The monoisotopic (exact) mass is 714 g/mol. The summed E-state index contributed by atoms with van der Waals surface area (Å²) in [6.45, 7) is 0. The highest BCUT2D eigenvalue weighted by molar-refractivity contribution is 6.15. The van der Waals surface area contributed by atoms with Crippen molar-refractivity contribution in [2.24, 2.45) is 0 Å². The lowest BCUT2D eigenvalue weighted by Crippen LogP contribution is -1.82. The van der Waals surface area contributed by atoms with Crippen LogP contribution in [0.4, 0.5) is 0 Å². The molecule has 2 aliphatic heterocycles. The van der Waals surface area contributed by atoms with Crippen molar-refractivity contribution < 1.29 is 0 Å². The third kappa shape index (κ3) is 6.32. The number of hydrogen-bond acceptors (Lipinski definition) is 6. The van der Waals surface area contributed by atoms with Gasteiger partial charge in [-0.1, -0.05) is 97.1 Å². The SMILES string of the molecule is CCl.CCl.CCl.CCl.c1ccc2c(c1)-c1nc-2nc2[nH]c(nc3nc(nc4[nH]c(n1)c1ccccc41)-c1ccccc1-3)c1ccccc21. The lowest BCUT2D eigenvalue weighted by molar-refractivity contribution is 1.19. The van der Waals surface area contributed by atoms with E-state index in [0.717, 1.165) is 43.8 Å². The van der Waals surface area contributed by atoms with Crippen LogP contribution in [-0.4, -0.2) is 65.4 Å². The molecular weight excluding hydrogens is 686 g/mol. The standard InChI is InChI=1S/C32H18N8.4CH3Cl/c1-2-10-18-17(9-1)25-33-26(18)38-28-21-13-5-6-14-22(21)30(35-28)40-32-24-16-8-7-15-23(24)31(36-32)39-29-20-12-4-3-11-19(20)27(34-29)37-25;4*1-2/h1-16H,(H2,33,34,35,36,37,38,39,40);4*1H3. The fraction of sp³-hybridized carbons (Fsp3) is 0.111. The van der Waals surface area contributed by atoms with Crippen LogP contribution in [0.3, 0.4) is 0 Å². The summed E-state index contributed by atoms with van der Waals surface area (Å²) in [6.07, 6.45) is 5.89. The molecule has 8 nitrogen and oxygen atoms in total. The number of nitrogens with one attached hydrogen (secondary N) is 2. The van der Waals surface area contributed by atoms with Gasteiger partial charge in [-0.2, -0.15) is 0 Å². The number of fused-ring (bicyclic) bond motifs is 20. The number of nitrogens with zero attached hydrogens (tertiary/aromatic N) is 6. The van der Waals surface area contributed by atoms with Crippen LogP contribution < -0.4 is 0 Å². The van der Waals surface area contributed by atoms with E-state index in [1.54, 1.807) is 0 Å². The topological polar surface area (TPSA) is 109 Å². The molecule has 0 spiro atoms. The lowest BCUT2D eigenvalue weighted by atomic mass is 10.1. The summed E-state index contributed by atoms with van der Waals surface area (Å²) in [6, 6.07) is 32.2. The minimum absolute atomic E-state index is 0.597. The number of H-pyrrole nitrogens is 2. The molecule has 48 heavy (non-hydrogen) atoms. The number of benzene rings is 4. The number of aromatic amines is 2. The van der Waals surface area contributed by atoms with Gasteiger partial charge in [-0.25, -0.2) is 29.9 Å². The van der Waals surface area contributed by atoms with Crippen molar-refractivity contribution in [3.63, 3.8) is 0 Å². The van der Waals surface area contributed by atoms with Crippen molar-refractivity contribution in [1.29, 1.82) is 0 Å². The minimum atomic E-state index is 0.597. The van der Waals surface area contributed by atoms with Crippen LogP contribution in [0.15, 0.2) is 97.1 Å². The van der Waals surface area contributed by atoms with E-state index in [4.69, 9.17) is 29.9 Å². The predicted octanol–water partition coefficient (Wildman–Crippen LogP) is 10.3. The van der Waals surface area contributed by atoms with Gasteiger partial charge in [0, 0.05) is 69.3 Å². The molecule has 0 unspecified atom stereocenters. The highest BCUT2D eigenvalue weighted by Gasteiger charge is 2.21. The molecule has 4 aromatic carbocycles. The Labute approximate surface area is 297 Å². The van der Waals surface area contributed by atoms with E-state index in [1.807, 2.05) is 97.1 Å². The molecule has 8 bridgehead atoms. The maximum atomic E-state index is 5.02. The third-order valence-electron chi connectivity index (χ3n) is 7.46. The van der Waals surface area contributed by atoms with Crippen molar-refractivity contribution >= 4 is 90.5 Å². The Kier molecular flexibility index (Phi) is 11.6. The van der Waals surface area contributed by atoms with Crippen LogP contribution >= 0.6 is 46.4 Å². The molecule has 5 heterocycles. The molecule has 0 saturated carbocycles. The molecule has 9 rings (SSSR count). The number of alkyl halides is 4. The lowest BCUT2D eigenvalue weighted by Gasteiger charge is -1.96. The second-order valence-electron chi connectivity index (χ2n) is 9.79. The quantitative estimate of drug-likeness (QED) is 0.151. The Morgan fingerprint density at radius 1 is 0.312 bits per heavy atom. The fourth-order valence-electron chi connectivity index (χ4n) is 5.59. The number of rotatable bonds is 0.